The SMILES string of the molecule is O=NCc1cc(F)c(Oc2ccnc(C(F)(F)F)c2)c(F)c1. The molecule has 1 aromatic heterocycles. The van der Waals surface area contributed by atoms with Crippen LogP contribution in [0.15, 0.2) is 35.6 Å². The topological polar surface area (TPSA) is 51.5 Å². The van der Waals surface area contributed by atoms with Gasteiger partial charge >= 0.3 is 6.18 Å². The van der Waals surface area contributed by atoms with Crippen molar-refractivity contribution in [1.29, 1.82) is 0 Å². The molecule has 0 radical (unpaired) electrons. The van der Waals surface area contributed by atoms with E-state index >= 15 is 0 Å². The molecular weight excluding hydrogens is 311 g/mol. The molecule has 116 valence electrons. The third-order valence-electron chi connectivity index (χ3n) is 2.55. The molecule has 0 bridgehead atoms. The fraction of sp³-hybridized carbons (Fsp3) is 0.154. The predicted octanol–water partition coefficient (Wildman–Crippen LogP) is 4.44. The minimum atomic E-state index is -4.71. The minimum Gasteiger partial charge on any atom is -0.451 e. The summed E-state index contributed by atoms with van der Waals surface area (Å²) in [5.74, 6) is -3.64. The van der Waals surface area contributed by atoms with Crippen LogP contribution in [-0.2, 0) is 12.7 Å². The smallest absolute Gasteiger partial charge is 0.433 e. The summed E-state index contributed by atoms with van der Waals surface area (Å²) >= 11 is 0. The van der Waals surface area contributed by atoms with Crippen LogP contribution in [0.1, 0.15) is 11.3 Å². The highest BCUT2D eigenvalue weighted by atomic mass is 19.4. The molecule has 0 aliphatic rings. The Morgan fingerprint density at radius 2 is 1.77 bits per heavy atom. The number of ether oxygens (including phenoxy) is 1. The lowest BCUT2D eigenvalue weighted by Crippen LogP contribution is -2.07. The van der Waals surface area contributed by atoms with Crippen molar-refractivity contribution in [3.8, 4) is 11.5 Å². The van der Waals surface area contributed by atoms with Gasteiger partial charge < -0.3 is 4.74 Å². The van der Waals surface area contributed by atoms with E-state index in [-0.39, 0.29) is 5.56 Å². The van der Waals surface area contributed by atoms with Crippen LogP contribution in [0.4, 0.5) is 22.0 Å². The highest BCUT2D eigenvalue weighted by molar-refractivity contribution is 5.36. The van der Waals surface area contributed by atoms with Gasteiger partial charge in [-0.3, -0.25) is 4.98 Å². The maximum atomic E-state index is 13.7. The van der Waals surface area contributed by atoms with Crippen molar-refractivity contribution < 1.29 is 26.7 Å². The first kappa shape index (κ1) is 15.8. The average molecular weight is 318 g/mol. The van der Waals surface area contributed by atoms with E-state index in [1.807, 2.05) is 0 Å². The van der Waals surface area contributed by atoms with Crippen molar-refractivity contribution in [2.24, 2.45) is 5.18 Å². The molecular formula is C13H7F5N2O2. The van der Waals surface area contributed by atoms with Crippen molar-refractivity contribution in [2.45, 2.75) is 12.7 Å². The molecule has 1 heterocycles. The second-order valence-corrected chi connectivity index (χ2v) is 4.15. The van der Waals surface area contributed by atoms with Crippen LogP contribution in [-0.4, -0.2) is 4.98 Å². The van der Waals surface area contributed by atoms with E-state index in [1.54, 1.807) is 0 Å². The molecule has 0 fully saturated rings. The van der Waals surface area contributed by atoms with E-state index in [0.717, 1.165) is 24.4 Å². The quantitative estimate of drug-likeness (QED) is 0.618. The molecule has 0 atom stereocenters. The molecule has 0 saturated carbocycles. The summed E-state index contributed by atoms with van der Waals surface area (Å²) < 4.78 is 69.7. The summed E-state index contributed by atoms with van der Waals surface area (Å²) in [6.07, 6.45) is -3.91. The highest BCUT2D eigenvalue weighted by Crippen LogP contribution is 2.33. The molecule has 0 saturated heterocycles. The van der Waals surface area contributed by atoms with E-state index in [4.69, 9.17) is 4.74 Å². The first-order valence-electron chi connectivity index (χ1n) is 5.79. The van der Waals surface area contributed by atoms with Gasteiger partial charge in [-0.05, 0) is 23.8 Å². The molecule has 2 rings (SSSR count). The zero-order chi connectivity index (χ0) is 16.3. The van der Waals surface area contributed by atoms with Gasteiger partial charge in [0.25, 0.3) is 0 Å². The summed E-state index contributed by atoms with van der Waals surface area (Å²) in [6.45, 7) is -0.443. The molecule has 0 N–H and O–H groups in total. The Morgan fingerprint density at radius 1 is 1.14 bits per heavy atom. The van der Waals surface area contributed by atoms with Gasteiger partial charge in [-0.1, -0.05) is 5.18 Å². The molecule has 2 aromatic rings. The Labute approximate surface area is 120 Å². The Kier molecular flexibility index (Phi) is 4.34. The zero-order valence-corrected chi connectivity index (χ0v) is 10.7. The molecule has 0 spiro atoms. The van der Waals surface area contributed by atoms with Gasteiger partial charge in [0.05, 0.1) is 0 Å². The van der Waals surface area contributed by atoms with Gasteiger partial charge in [-0.2, -0.15) is 18.1 Å². The van der Waals surface area contributed by atoms with Gasteiger partial charge in [-0.25, -0.2) is 8.78 Å². The summed E-state index contributed by atoms with van der Waals surface area (Å²) in [5.41, 5.74) is -1.28. The maximum absolute atomic E-state index is 13.7. The highest BCUT2D eigenvalue weighted by Gasteiger charge is 2.32. The van der Waals surface area contributed by atoms with E-state index in [2.05, 4.69) is 10.2 Å². The molecule has 1 aromatic carbocycles. The van der Waals surface area contributed by atoms with E-state index in [0.29, 0.717) is 6.07 Å². The van der Waals surface area contributed by atoms with E-state index in [1.165, 1.54) is 0 Å². The summed E-state index contributed by atoms with van der Waals surface area (Å²) in [5, 5.41) is 2.48. The number of benzene rings is 1. The van der Waals surface area contributed by atoms with Gasteiger partial charge in [0.2, 0.25) is 0 Å². The number of hydrogen-bond acceptors (Lipinski definition) is 4. The Hall–Kier alpha value is -2.58. The monoisotopic (exact) mass is 318 g/mol. The average Bonchev–Trinajstić information content (AvgIpc) is 2.43. The van der Waals surface area contributed by atoms with Crippen LogP contribution >= 0.6 is 0 Å². The lowest BCUT2D eigenvalue weighted by atomic mass is 10.2. The van der Waals surface area contributed by atoms with Crippen LogP contribution in [0.2, 0.25) is 0 Å². The number of halogens is 5. The summed E-state index contributed by atoms with van der Waals surface area (Å²) in [4.78, 5) is 13.2. The lowest BCUT2D eigenvalue weighted by Gasteiger charge is -2.11. The second-order valence-electron chi connectivity index (χ2n) is 4.15. The number of hydrogen-bond donors (Lipinski definition) is 0. The second kappa shape index (κ2) is 6.04. The molecule has 0 aliphatic carbocycles. The van der Waals surface area contributed by atoms with Gasteiger partial charge in [0, 0.05) is 12.3 Å². The van der Waals surface area contributed by atoms with Gasteiger partial charge in [0.15, 0.2) is 17.4 Å². The fourth-order valence-electron chi connectivity index (χ4n) is 1.62. The van der Waals surface area contributed by atoms with Crippen molar-refractivity contribution in [1.82, 2.24) is 4.98 Å². The van der Waals surface area contributed by atoms with Crippen molar-refractivity contribution in [3.63, 3.8) is 0 Å². The largest absolute Gasteiger partial charge is 0.451 e. The van der Waals surface area contributed by atoms with Crippen LogP contribution in [0.3, 0.4) is 0 Å². The summed E-state index contributed by atoms with van der Waals surface area (Å²) in [7, 11) is 0. The van der Waals surface area contributed by atoms with Crippen molar-refractivity contribution in [3.05, 3.63) is 58.3 Å². The third kappa shape index (κ3) is 3.54. The maximum Gasteiger partial charge on any atom is 0.433 e. The van der Waals surface area contributed by atoms with Crippen LogP contribution in [0, 0.1) is 16.5 Å². The van der Waals surface area contributed by atoms with Crippen LogP contribution in [0.25, 0.3) is 0 Å². The number of rotatable bonds is 4. The summed E-state index contributed by atoms with van der Waals surface area (Å²) in [6, 6.07) is 3.16. The predicted molar refractivity (Wildman–Crippen MR) is 65.2 cm³/mol. The molecule has 0 unspecified atom stereocenters. The molecule has 9 heteroatoms. The Balaban J connectivity index is 2.33. The van der Waals surface area contributed by atoms with Gasteiger partial charge in [0.1, 0.15) is 18.0 Å². The number of nitrogens with zero attached hydrogens (tertiary/aromatic N) is 2. The van der Waals surface area contributed by atoms with Crippen molar-refractivity contribution >= 4 is 0 Å². The van der Waals surface area contributed by atoms with Crippen LogP contribution in [0.5, 0.6) is 11.5 Å². The minimum absolute atomic E-state index is 0.0249. The van der Waals surface area contributed by atoms with E-state index in [9.17, 15) is 26.9 Å². The van der Waals surface area contributed by atoms with E-state index < -0.39 is 41.5 Å². The zero-order valence-electron chi connectivity index (χ0n) is 10.7. The molecule has 0 amide bonds. The lowest BCUT2D eigenvalue weighted by molar-refractivity contribution is -0.141. The van der Waals surface area contributed by atoms with Gasteiger partial charge in [-0.15, -0.1) is 0 Å². The van der Waals surface area contributed by atoms with Crippen molar-refractivity contribution in [2.75, 3.05) is 0 Å². The third-order valence-corrected chi connectivity index (χ3v) is 2.55. The fourth-order valence-corrected chi connectivity index (χ4v) is 1.62. The first-order valence-corrected chi connectivity index (χ1v) is 5.79. The molecule has 4 nitrogen and oxygen atoms in total. The number of pyridine rings is 1. The number of alkyl halides is 3. The Bertz CT molecular complexity index is 680. The molecule has 22 heavy (non-hydrogen) atoms. The first-order chi connectivity index (χ1) is 10.3. The molecule has 0 aliphatic heterocycles. The Morgan fingerprint density at radius 3 is 2.32 bits per heavy atom. The normalized spacial score (nSPS) is 11.3. The number of aromatic nitrogens is 1. The standard InChI is InChI=1S/C13H7F5N2O2/c14-9-3-7(6-20-21)4-10(15)12(9)22-8-1-2-19-11(5-8)13(16,17)18/h1-5H,6H2. The van der Waals surface area contributed by atoms with Crippen LogP contribution < -0.4 is 4.74 Å². The number of nitroso groups, excluding NO2 is 1.